The lowest BCUT2D eigenvalue weighted by atomic mass is 10.1. The van der Waals surface area contributed by atoms with Gasteiger partial charge in [0.1, 0.15) is 0 Å². The molecule has 2 rings (SSSR count). The first kappa shape index (κ1) is 14.8. The van der Waals surface area contributed by atoms with Gasteiger partial charge in [-0.1, -0.05) is 22.0 Å². The SMILES string of the molecule is Cc1ccc(Br)cc1CNC(=O)N1CCNC(=O)CC1. The third-order valence-electron chi connectivity index (χ3n) is 3.34. The zero-order valence-corrected chi connectivity index (χ0v) is 13.0. The molecule has 1 aliphatic heterocycles. The largest absolute Gasteiger partial charge is 0.354 e. The second-order valence-corrected chi connectivity index (χ2v) is 5.73. The van der Waals surface area contributed by atoms with E-state index in [2.05, 4.69) is 26.6 Å². The van der Waals surface area contributed by atoms with Gasteiger partial charge in [0.25, 0.3) is 0 Å². The molecule has 2 N–H and O–H groups in total. The zero-order chi connectivity index (χ0) is 14.5. The van der Waals surface area contributed by atoms with Gasteiger partial charge in [-0.15, -0.1) is 0 Å². The molecule has 20 heavy (non-hydrogen) atoms. The quantitative estimate of drug-likeness (QED) is 0.862. The molecule has 108 valence electrons. The summed E-state index contributed by atoms with van der Waals surface area (Å²) in [6.07, 6.45) is 0.364. The monoisotopic (exact) mass is 339 g/mol. The van der Waals surface area contributed by atoms with Gasteiger partial charge in [-0.05, 0) is 30.2 Å². The summed E-state index contributed by atoms with van der Waals surface area (Å²) in [5, 5.41) is 5.66. The first-order valence-corrected chi connectivity index (χ1v) is 7.40. The predicted octanol–water partition coefficient (Wildman–Crippen LogP) is 1.79. The summed E-state index contributed by atoms with van der Waals surface area (Å²) < 4.78 is 0.997. The molecule has 0 atom stereocenters. The van der Waals surface area contributed by atoms with Crippen LogP contribution >= 0.6 is 15.9 Å². The molecule has 1 heterocycles. The molecule has 0 aromatic heterocycles. The number of halogens is 1. The van der Waals surface area contributed by atoms with Crippen molar-refractivity contribution in [2.45, 2.75) is 19.9 Å². The Kier molecular flexibility index (Phi) is 5.00. The summed E-state index contributed by atoms with van der Waals surface area (Å²) in [7, 11) is 0. The first-order valence-electron chi connectivity index (χ1n) is 6.61. The van der Waals surface area contributed by atoms with Crippen LogP contribution < -0.4 is 10.6 Å². The Hall–Kier alpha value is -1.56. The van der Waals surface area contributed by atoms with Crippen LogP contribution in [0.15, 0.2) is 22.7 Å². The van der Waals surface area contributed by atoms with Crippen LogP contribution in [0.5, 0.6) is 0 Å². The van der Waals surface area contributed by atoms with Crippen molar-refractivity contribution in [2.24, 2.45) is 0 Å². The number of hydrogen-bond acceptors (Lipinski definition) is 2. The number of nitrogens with zero attached hydrogens (tertiary/aromatic N) is 1. The van der Waals surface area contributed by atoms with Crippen LogP contribution in [-0.2, 0) is 11.3 Å². The summed E-state index contributed by atoms with van der Waals surface area (Å²) in [4.78, 5) is 25.0. The molecule has 6 heteroatoms. The van der Waals surface area contributed by atoms with Gasteiger partial charge in [-0.3, -0.25) is 4.79 Å². The van der Waals surface area contributed by atoms with Crippen LogP contribution in [0, 0.1) is 6.92 Å². The molecule has 1 aromatic carbocycles. The van der Waals surface area contributed by atoms with Crippen molar-refractivity contribution in [3.63, 3.8) is 0 Å². The van der Waals surface area contributed by atoms with Gasteiger partial charge in [0.15, 0.2) is 0 Å². The number of urea groups is 1. The normalized spacial score (nSPS) is 15.5. The van der Waals surface area contributed by atoms with Crippen molar-refractivity contribution in [2.75, 3.05) is 19.6 Å². The molecule has 0 aliphatic carbocycles. The molecule has 0 unspecified atom stereocenters. The Labute approximate surface area is 126 Å². The predicted molar refractivity (Wildman–Crippen MR) is 80.3 cm³/mol. The molecule has 0 bridgehead atoms. The molecular formula is C14H18BrN3O2. The van der Waals surface area contributed by atoms with Crippen molar-refractivity contribution in [1.29, 1.82) is 0 Å². The van der Waals surface area contributed by atoms with Crippen LogP contribution in [0.25, 0.3) is 0 Å². The van der Waals surface area contributed by atoms with E-state index >= 15 is 0 Å². The van der Waals surface area contributed by atoms with Crippen molar-refractivity contribution >= 4 is 27.9 Å². The Balaban J connectivity index is 1.91. The second-order valence-electron chi connectivity index (χ2n) is 4.82. The molecule has 1 saturated heterocycles. The average Bonchev–Trinajstić information content (AvgIpc) is 2.64. The lowest BCUT2D eigenvalue weighted by molar-refractivity contribution is -0.120. The molecule has 1 aromatic rings. The fourth-order valence-electron chi connectivity index (χ4n) is 2.08. The molecule has 3 amide bonds. The van der Waals surface area contributed by atoms with E-state index in [1.54, 1.807) is 4.90 Å². The van der Waals surface area contributed by atoms with Crippen LogP contribution in [0.2, 0.25) is 0 Å². The molecule has 0 saturated carbocycles. The lowest BCUT2D eigenvalue weighted by Crippen LogP contribution is -2.41. The number of rotatable bonds is 2. The zero-order valence-electron chi connectivity index (χ0n) is 11.4. The fourth-order valence-corrected chi connectivity index (χ4v) is 2.49. The van der Waals surface area contributed by atoms with Gasteiger partial charge >= 0.3 is 6.03 Å². The maximum atomic E-state index is 12.1. The van der Waals surface area contributed by atoms with E-state index in [-0.39, 0.29) is 11.9 Å². The number of aryl methyl sites for hydroxylation is 1. The van der Waals surface area contributed by atoms with Crippen molar-refractivity contribution in [1.82, 2.24) is 15.5 Å². The van der Waals surface area contributed by atoms with Gasteiger partial charge < -0.3 is 15.5 Å². The second kappa shape index (κ2) is 6.74. The van der Waals surface area contributed by atoms with Crippen LogP contribution in [-0.4, -0.2) is 36.5 Å². The number of carbonyl (C=O) groups is 2. The number of nitrogens with one attached hydrogen (secondary N) is 2. The minimum Gasteiger partial charge on any atom is -0.354 e. The fraction of sp³-hybridized carbons (Fsp3) is 0.429. The van der Waals surface area contributed by atoms with Gasteiger partial charge in [0, 0.05) is 37.1 Å². The van der Waals surface area contributed by atoms with E-state index in [0.717, 1.165) is 15.6 Å². The minimum atomic E-state index is -0.124. The Morgan fingerprint density at radius 1 is 1.45 bits per heavy atom. The maximum Gasteiger partial charge on any atom is 0.317 e. The van der Waals surface area contributed by atoms with Crippen molar-refractivity contribution in [3.05, 3.63) is 33.8 Å². The third kappa shape index (κ3) is 3.96. The summed E-state index contributed by atoms with van der Waals surface area (Å²) in [5.41, 5.74) is 2.22. The Morgan fingerprint density at radius 3 is 3.05 bits per heavy atom. The summed E-state index contributed by atoms with van der Waals surface area (Å²) in [5.74, 6) is 0.00290. The van der Waals surface area contributed by atoms with E-state index in [1.165, 1.54) is 0 Å². The summed E-state index contributed by atoms with van der Waals surface area (Å²) in [6.45, 7) is 4.04. The molecule has 1 fully saturated rings. The smallest absolute Gasteiger partial charge is 0.317 e. The van der Waals surface area contributed by atoms with E-state index in [4.69, 9.17) is 0 Å². The number of benzene rings is 1. The third-order valence-corrected chi connectivity index (χ3v) is 3.83. The standard InChI is InChI=1S/C14H18BrN3O2/c1-10-2-3-12(15)8-11(10)9-17-14(20)18-6-4-13(19)16-5-7-18/h2-3,8H,4-7,9H2,1H3,(H,16,19)(H,17,20). The lowest BCUT2D eigenvalue weighted by Gasteiger charge is -2.20. The van der Waals surface area contributed by atoms with Gasteiger partial charge in [0.2, 0.25) is 5.91 Å². The van der Waals surface area contributed by atoms with E-state index in [0.29, 0.717) is 32.6 Å². The highest BCUT2D eigenvalue weighted by Gasteiger charge is 2.18. The molecule has 0 radical (unpaired) electrons. The molecule has 5 nitrogen and oxygen atoms in total. The number of hydrogen-bond donors (Lipinski definition) is 2. The topological polar surface area (TPSA) is 61.4 Å². The first-order chi connectivity index (χ1) is 9.56. The van der Waals surface area contributed by atoms with E-state index in [9.17, 15) is 9.59 Å². The Morgan fingerprint density at radius 2 is 2.25 bits per heavy atom. The van der Waals surface area contributed by atoms with E-state index in [1.807, 2.05) is 25.1 Å². The van der Waals surface area contributed by atoms with Gasteiger partial charge in [-0.25, -0.2) is 4.79 Å². The molecular weight excluding hydrogens is 322 g/mol. The highest BCUT2D eigenvalue weighted by atomic mass is 79.9. The highest BCUT2D eigenvalue weighted by Crippen LogP contribution is 2.15. The van der Waals surface area contributed by atoms with Crippen LogP contribution in [0.1, 0.15) is 17.5 Å². The Bertz CT molecular complexity index is 519. The van der Waals surface area contributed by atoms with Crippen LogP contribution in [0.3, 0.4) is 0 Å². The van der Waals surface area contributed by atoms with Gasteiger partial charge in [0.05, 0.1) is 0 Å². The minimum absolute atomic E-state index is 0.00290. The van der Waals surface area contributed by atoms with Gasteiger partial charge in [-0.2, -0.15) is 0 Å². The highest BCUT2D eigenvalue weighted by molar-refractivity contribution is 9.10. The van der Waals surface area contributed by atoms with Crippen LogP contribution in [0.4, 0.5) is 4.79 Å². The summed E-state index contributed by atoms with van der Waals surface area (Å²) >= 11 is 3.43. The summed E-state index contributed by atoms with van der Waals surface area (Å²) in [6, 6.07) is 5.87. The average molecular weight is 340 g/mol. The maximum absolute atomic E-state index is 12.1. The van der Waals surface area contributed by atoms with Crippen molar-refractivity contribution < 1.29 is 9.59 Å². The van der Waals surface area contributed by atoms with Crippen molar-refractivity contribution in [3.8, 4) is 0 Å². The molecule has 1 aliphatic rings. The number of amides is 3. The van der Waals surface area contributed by atoms with E-state index < -0.39 is 0 Å². The number of carbonyl (C=O) groups excluding carboxylic acids is 2. The molecule has 0 spiro atoms.